The molecule has 1 N–H and O–H groups in total. The summed E-state index contributed by atoms with van der Waals surface area (Å²) < 4.78 is 6.84. The lowest BCUT2D eigenvalue weighted by Crippen LogP contribution is -2.41. The Labute approximate surface area is 192 Å². The van der Waals surface area contributed by atoms with E-state index >= 15 is 0 Å². The minimum absolute atomic E-state index is 0.0919. The second-order valence-electron chi connectivity index (χ2n) is 8.69. The van der Waals surface area contributed by atoms with Gasteiger partial charge in [0.05, 0.1) is 29.6 Å². The number of methoxy groups -OCH3 is 1. The van der Waals surface area contributed by atoms with Crippen molar-refractivity contribution in [1.29, 1.82) is 0 Å². The summed E-state index contributed by atoms with van der Waals surface area (Å²) in [5, 5.41) is 14.8. The molecule has 0 bridgehead atoms. The molecular formula is C25H27N3O5. The zero-order valence-corrected chi connectivity index (χ0v) is 19.3. The molecule has 0 aliphatic carbocycles. The number of carbonyl (C=O) groups excluding carboxylic acids is 2. The molecule has 3 rings (SSSR count). The molecule has 0 aliphatic rings. The predicted octanol–water partition coefficient (Wildman–Crippen LogP) is 4.60. The number of para-hydroxylation sites is 2. The summed E-state index contributed by atoms with van der Waals surface area (Å²) in [5.74, 6) is -0.902. The highest BCUT2D eigenvalue weighted by molar-refractivity contribution is 6.02. The number of amides is 1. The number of benzene rings is 2. The smallest absolute Gasteiger partial charge is 0.340 e. The van der Waals surface area contributed by atoms with E-state index in [1.54, 1.807) is 29.7 Å². The first-order valence-corrected chi connectivity index (χ1v) is 10.5. The van der Waals surface area contributed by atoms with Crippen LogP contribution in [0.25, 0.3) is 16.8 Å². The van der Waals surface area contributed by atoms with Gasteiger partial charge in [-0.05, 0) is 45.9 Å². The molecule has 0 saturated carbocycles. The van der Waals surface area contributed by atoms with Crippen LogP contribution in [-0.4, -0.2) is 34.0 Å². The van der Waals surface area contributed by atoms with Gasteiger partial charge in [-0.25, -0.2) is 4.79 Å². The van der Waals surface area contributed by atoms with E-state index in [9.17, 15) is 19.7 Å². The molecular weight excluding hydrogens is 422 g/mol. The summed E-state index contributed by atoms with van der Waals surface area (Å²) >= 11 is 0. The number of nitro benzene ring substituents is 1. The number of esters is 1. The molecule has 33 heavy (non-hydrogen) atoms. The van der Waals surface area contributed by atoms with Crippen LogP contribution < -0.4 is 5.32 Å². The number of nitrogens with zero attached hydrogens (tertiary/aromatic N) is 2. The van der Waals surface area contributed by atoms with Gasteiger partial charge >= 0.3 is 5.97 Å². The van der Waals surface area contributed by atoms with E-state index in [-0.39, 0.29) is 29.1 Å². The maximum atomic E-state index is 13.0. The molecule has 0 radical (unpaired) electrons. The van der Waals surface area contributed by atoms with Gasteiger partial charge in [-0.15, -0.1) is 0 Å². The van der Waals surface area contributed by atoms with Gasteiger partial charge < -0.3 is 14.6 Å². The minimum Gasteiger partial charge on any atom is -0.465 e. The third kappa shape index (κ3) is 4.95. The van der Waals surface area contributed by atoms with Crippen molar-refractivity contribution >= 4 is 17.6 Å². The molecule has 2 aromatic carbocycles. The SMILES string of the molecule is COC(=O)c1c(-c2ccccc2[N+](=O)[O-])c(CC(=O)NC(C)(C)C)n(-c2ccccc2)c1C. The second-order valence-corrected chi connectivity index (χ2v) is 8.69. The van der Waals surface area contributed by atoms with E-state index < -0.39 is 16.4 Å². The van der Waals surface area contributed by atoms with Gasteiger partial charge in [0.15, 0.2) is 0 Å². The van der Waals surface area contributed by atoms with Crippen molar-refractivity contribution in [2.75, 3.05) is 7.11 Å². The first kappa shape index (κ1) is 23.7. The van der Waals surface area contributed by atoms with Crippen LogP contribution >= 0.6 is 0 Å². The molecule has 0 unspecified atom stereocenters. The highest BCUT2D eigenvalue weighted by Gasteiger charge is 2.32. The number of hydrogen-bond acceptors (Lipinski definition) is 5. The van der Waals surface area contributed by atoms with E-state index in [0.29, 0.717) is 17.0 Å². The fourth-order valence-electron chi connectivity index (χ4n) is 3.95. The molecule has 0 atom stereocenters. The summed E-state index contributed by atoms with van der Waals surface area (Å²) in [6, 6.07) is 15.4. The van der Waals surface area contributed by atoms with E-state index in [1.165, 1.54) is 13.2 Å². The molecule has 0 spiro atoms. The highest BCUT2D eigenvalue weighted by Crippen LogP contribution is 2.40. The number of nitrogens with one attached hydrogen (secondary N) is 1. The Morgan fingerprint density at radius 2 is 1.67 bits per heavy atom. The number of ether oxygens (including phenoxy) is 1. The van der Waals surface area contributed by atoms with E-state index in [4.69, 9.17) is 4.74 Å². The monoisotopic (exact) mass is 449 g/mol. The van der Waals surface area contributed by atoms with Crippen LogP contribution in [0.4, 0.5) is 5.69 Å². The average molecular weight is 450 g/mol. The van der Waals surface area contributed by atoms with Gasteiger partial charge in [-0.2, -0.15) is 0 Å². The van der Waals surface area contributed by atoms with Crippen molar-refractivity contribution in [3.8, 4) is 16.8 Å². The lowest BCUT2D eigenvalue weighted by Gasteiger charge is -2.21. The molecule has 1 amide bonds. The van der Waals surface area contributed by atoms with Crippen molar-refractivity contribution < 1.29 is 19.2 Å². The number of nitro groups is 1. The Hall–Kier alpha value is -3.94. The van der Waals surface area contributed by atoms with E-state index in [1.807, 2.05) is 51.1 Å². The normalized spacial score (nSPS) is 11.2. The van der Waals surface area contributed by atoms with Crippen molar-refractivity contribution in [2.24, 2.45) is 0 Å². The van der Waals surface area contributed by atoms with Crippen molar-refractivity contribution in [1.82, 2.24) is 9.88 Å². The molecule has 1 aromatic heterocycles. The topological polar surface area (TPSA) is 103 Å². The zero-order valence-electron chi connectivity index (χ0n) is 19.3. The molecule has 0 saturated heterocycles. The number of rotatable bonds is 6. The van der Waals surface area contributed by atoms with Crippen LogP contribution in [0, 0.1) is 17.0 Å². The van der Waals surface area contributed by atoms with Gasteiger partial charge in [0.1, 0.15) is 0 Å². The largest absolute Gasteiger partial charge is 0.465 e. The van der Waals surface area contributed by atoms with Crippen molar-refractivity contribution in [3.05, 3.63) is 81.7 Å². The van der Waals surface area contributed by atoms with Gasteiger partial charge in [0.2, 0.25) is 5.91 Å². The molecule has 8 nitrogen and oxygen atoms in total. The third-order valence-corrected chi connectivity index (χ3v) is 5.12. The quantitative estimate of drug-likeness (QED) is 0.336. The lowest BCUT2D eigenvalue weighted by molar-refractivity contribution is -0.384. The number of aromatic nitrogens is 1. The maximum Gasteiger partial charge on any atom is 0.340 e. The Bertz CT molecular complexity index is 1210. The van der Waals surface area contributed by atoms with Crippen LogP contribution in [0.15, 0.2) is 54.6 Å². The van der Waals surface area contributed by atoms with Crippen LogP contribution in [-0.2, 0) is 16.0 Å². The summed E-state index contributed by atoms with van der Waals surface area (Å²) in [4.78, 5) is 37.3. The second kappa shape index (κ2) is 9.28. The predicted molar refractivity (Wildman–Crippen MR) is 126 cm³/mol. The Morgan fingerprint density at radius 3 is 2.24 bits per heavy atom. The summed E-state index contributed by atoms with van der Waals surface area (Å²) in [7, 11) is 1.26. The Balaban J connectivity index is 2.40. The van der Waals surface area contributed by atoms with E-state index in [0.717, 1.165) is 5.69 Å². The fourth-order valence-corrected chi connectivity index (χ4v) is 3.95. The Kier molecular flexibility index (Phi) is 6.67. The van der Waals surface area contributed by atoms with Crippen LogP contribution in [0.3, 0.4) is 0 Å². The number of carbonyl (C=O) groups is 2. The standard InChI is InChI=1S/C25H27N3O5/c1-16-22(24(30)33-5)23(18-13-9-10-14-19(18)28(31)32)20(15-21(29)26-25(2,3)4)27(16)17-11-7-6-8-12-17/h6-14H,15H2,1-5H3,(H,26,29). The first-order valence-electron chi connectivity index (χ1n) is 10.5. The Morgan fingerprint density at radius 1 is 1.06 bits per heavy atom. The first-order chi connectivity index (χ1) is 15.5. The summed E-state index contributed by atoms with van der Waals surface area (Å²) in [5.41, 5.74) is 1.84. The average Bonchev–Trinajstić information content (AvgIpc) is 3.03. The lowest BCUT2D eigenvalue weighted by atomic mass is 9.97. The number of hydrogen-bond donors (Lipinski definition) is 1. The van der Waals surface area contributed by atoms with Gasteiger partial charge in [-0.3, -0.25) is 14.9 Å². The minimum atomic E-state index is -0.632. The van der Waals surface area contributed by atoms with Gasteiger partial charge in [0.25, 0.3) is 5.69 Å². The van der Waals surface area contributed by atoms with Crippen molar-refractivity contribution in [3.63, 3.8) is 0 Å². The van der Waals surface area contributed by atoms with E-state index in [2.05, 4.69) is 5.32 Å². The molecule has 1 heterocycles. The third-order valence-electron chi connectivity index (χ3n) is 5.12. The van der Waals surface area contributed by atoms with Crippen molar-refractivity contribution in [2.45, 2.75) is 39.7 Å². The molecule has 172 valence electrons. The van der Waals surface area contributed by atoms with Crippen LogP contribution in [0.1, 0.15) is 42.5 Å². The molecule has 8 heteroatoms. The fraction of sp³-hybridized carbons (Fsp3) is 0.280. The van der Waals surface area contributed by atoms with Crippen LogP contribution in [0.2, 0.25) is 0 Å². The highest BCUT2D eigenvalue weighted by atomic mass is 16.6. The maximum absolute atomic E-state index is 13.0. The zero-order chi connectivity index (χ0) is 24.3. The molecule has 0 fully saturated rings. The summed E-state index contributed by atoms with van der Waals surface area (Å²) in [6.07, 6.45) is -0.0919. The summed E-state index contributed by atoms with van der Waals surface area (Å²) in [6.45, 7) is 7.35. The van der Waals surface area contributed by atoms with Gasteiger partial charge in [0, 0.05) is 34.2 Å². The molecule has 3 aromatic rings. The van der Waals surface area contributed by atoms with Gasteiger partial charge in [-0.1, -0.05) is 30.3 Å². The van der Waals surface area contributed by atoms with Crippen LogP contribution in [0.5, 0.6) is 0 Å². The molecule has 0 aliphatic heterocycles.